The van der Waals surface area contributed by atoms with Crippen molar-refractivity contribution in [2.75, 3.05) is 0 Å². The molecule has 8 rings (SSSR count). The van der Waals surface area contributed by atoms with Gasteiger partial charge in [-0.05, 0) is 65.0 Å². The fourth-order valence-electron chi connectivity index (χ4n) is 6.51. The Labute approximate surface area is 228 Å². The van der Waals surface area contributed by atoms with Crippen molar-refractivity contribution >= 4 is 53.9 Å². The quantitative estimate of drug-likeness (QED) is 0.0796. The van der Waals surface area contributed by atoms with Crippen LogP contribution in [0.3, 0.4) is 0 Å². The van der Waals surface area contributed by atoms with E-state index in [1.165, 1.54) is 26.9 Å². The van der Waals surface area contributed by atoms with Gasteiger partial charge < -0.3 is 20.4 Å². The lowest BCUT2D eigenvalue weighted by Gasteiger charge is -2.21. The largest absolute Gasteiger partial charge is 0.504 e. The van der Waals surface area contributed by atoms with Crippen molar-refractivity contribution in [3.05, 3.63) is 109 Å². The summed E-state index contributed by atoms with van der Waals surface area (Å²) in [6.07, 6.45) is 0. The predicted octanol–water partition coefficient (Wildman–Crippen LogP) is 9.05. The monoisotopic (exact) mass is 518 g/mol. The van der Waals surface area contributed by atoms with Crippen molar-refractivity contribution in [3.8, 4) is 45.3 Å². The second-order valence-electron chi connectivity index (χ2n) is 10.3. The fraction of sp³-hybridized carbons (Fsp3) is 0. The molecule has 0 aliphatic heterocycles. The van der Waals surface area contributed by atoms with Crippen LogP contribution in [0.1, 0.15) is 0 Å². The van der Waals surface area contributed by atoms with E-state index in [0.29, 0.717) is 5.56 Å². The molecule has 4 nitrogen and oxygen atoms in total. The minimum atomic E-state index is -0.505. The number of phenolic OH excluding ortho intramolecular Hbond substituents is 4. The highest BCUT2D eigenvalue weighted by Gasteiger charge is 2.25. The molecule has 0 fully saturated rings. The van der Waals surface area contributed by atoms with Gasteiger partial charge in [0.25, 0.3) is 0 Å². The van der Waals surface area contributed by atoms with Crippen molar-refractivity contribution in [1.29, 1.82) is 0 Å². The van der Waals surface area contributed by atoms with Crippen molar-refractivity contribution < 1.29 is 20.4 Å². The minimum absolute atomic E-state index is 0.00756. The molecule has 0 aromatic heterocycles. The molecule has 0 saturated carbocycles. The topological polar surface area (TPSA) is 80.9 Å². The molecular formula is C36H22O4. The van der Waals surface area contributed by atoms with Crippen LogP contribution in [0.2, 0.25) is 0 Å². The number of hydrogen-bond acceptors (Lipinski definition) is 4. The van der Waals surface area contributed by atoms with Crippen LogP contribution in [-0.4, -0.2) is 20.4 Å². The maximum Gasteiger partial charge on any atom is 0.169 e. The Bertz CT molecular complexity index is 2220. The molecule has 0 radical (unpaired) electrons. The van der Waals surface area contributed by atoms with Gasteiger partial charge >= 0.3 is 0 Å². The van der Waals surface area contributed by atoms with E-state index < -0.39 is 23.0 Å². The van der Waals surface area contributed by atoms with E-state index in [9.17, 15) is 20.4 Å². The Morgan fingerprint density at radius 2 is 0.825 bits per heavy atom. The highest BCUT2D eigenvalue weighted by molar-refractivity contribution is 6.29. The third-order valence-electron chi connectivity index (χ3n) is 8.21. The normalized spacial score (nSPS) is 11.9. The van der Waals surface area contributed by atoms with Crippen molar-refractivity contribution in [2.45, 2.75) is 0 Å². The molecule has 0 heterocycles. The highest BCUT2D eigenvalue weighted by Crippen LogP contribution is 2.54. The fourth-order valence-corrected chi connectivity index (χ4v) is 6.51. The van der Waals surface area contributed by atoms with Gasteiger partial charge in [-0.3, -0.25) is 0 Å². The van der Waals surface area contributed by atoms with Crippen LogP contribution in [-0.2, 0) is 0 Å². The number of aromatic hydroxyl groups is 4. The maximum atomic E-state index is 10.9. The average Bonchev–Trinajstić information content (AvgIpc) is 2.99. The van der Waals surface area contributed by atoms with Crippen LogP contribution >= 0.6 is 0 Å². The van der Waals surface area contributed by atoms with E-state index in [0.717, 1.165) is 44.1 Å². The van der Waals surface area contributed by atoms with Gasteiger partial charge in [-0.2, -0.15) is 0 Å². The van der Waals surface area contributed by atoms with E-state index >= 15 is 0 Å². The summed E-state index contributed by atoms with van der Waals surface area (Å²) in [6.45, 7) is 0. The van der Waals surface area contributed by atoms with Crippen molar-refractivity contribution in [1.82, 2.24) is 0 Å². The summed E-state index contributed by atoms with van der Waals surface area (Å²) in [5.74, 6) is -1.98. The Morgan fingerprint density at radius 1 is 0.350 bits per heavy atom. The number of benzene rings is 8. The molecule has 0 bridgehead atoms. The van der Waals surface area contributed by atoms with Gasteiger partial charge in [0, 0.05) is 11.6 Å². The van der Waals surface area contributed by atoms with Crippen LogP contribution in [0.4, 0.5) is 0 Å². The first-order chi connectivity index (χ1) is 19.5. The van der Waals surface area contributed by atoms with E-state index in [2.05, 4.69) is 54.6 Å². The van der Waals surface area contributed by atoms with E-state index in [1.807, 2.05) is 48.5 Å². The van der Waals surface area contributed by atoms with Crippen molar-refractivity contribution in [3.63, 3.8) is 0 Å². The molecule has 0 atom stereocenters. The van der Waals surface area contributed by atoms with Gasteiger partial charge in [-0.1, -0.05) is 103 Å². The summed E-state index contributed by atoms with van der Waals surface area (Å²) in [5, 5.41) is 53.2. The molecule has 4 N–H and O–H groups in total. The Hall–Kier alpha value is -5.48. The lowest BCUT2D eigenvalue weighted by Crippen LogP contribution is -1.93. The first-order valence-corrected chi connectivity index (χ1v) is 13.1. The summed E-state index contributed by atoms with van der Waals surface area (Å²) in [5.41, 5.74) is 2.65. The molecule has 0 aliphatic rings. The van der Waals surface area contributed by atoms with Crippen LogP contribution < -0.4 is 0 Å². The predicted molar refractivity (Wildman–Crippen MR) is 163 cm³/mol. The molecule has 8 aromatic rings. The molecule has 8 aromatic carbocycles. The lowest BCUT2D eigenvalue weighted by atomic mass is 9.83. The maximum absolute atomic E-state index is 10.9. The number of phenols is 4. The van der Waals surface area contributed by atoms with Gasteiger partial charge in [0.2, 0.25) is 0 Å². The summed E-state index contributed by atoms with van der Waals surface area (Å²) in [7, 11) is 0. The highest BCUT2D eigenvalue weighted by atomic mass is 16.3. The van der Waals surface area contributed by atoms with Gasteiger partial charge in [-0.25, -0.2) is 0 Å². The Balaban J connectivity index is 1.58. The summed E-state index contributed by atoms with van der Waals surface area (Å²) in [6, 6.07) is 36.1. The lowest BCUT2D eigenvalue weighted by molar-refractivity contribution is 0.375. The molecule has 40 heavy (non-hydrogen) atoms. The van der Waals surface area contributed by atoms with Gasteiger partial charge in [0.1, 0.15) is 0 Å². The smallest absolute Gasteiger partial charge is 0.169 e. The summed E-state index contributed by atoms with van der Waals surface area (Å²) in [4.78, 5) is 0. The second-order valence-corrected chi connectivity index (χ2v) is 10.3. The summed E-state index contributed by atoms with van der Waals surface area (Å²) < 4.78 is 0. The zero-order valence-electron chi connectivity index (χ0n) is 21.2. The Kier molecular flexibility index (Phi) is 4.51. The second kappa shape index (κ2) is 8.01. The number of hydrogen-bond donors (Lipinski definition) is 4. The van der Waals surface area contributed by atoms with E-state index in [1.54, 1.807) is 0 Å². The molecule has 4 heteroatoms. The molecule has 0 aliphatic carbocycles. The third kappa shape index (κ3) is 2.90. The number of fused-ring (bicyclic) bond motifs is 2. The van der Waals surface area contributed by atoms with Gasteiger partial charge in [0.15, 0.2) is 23.0 Å². The van der Waals surface area contributed by atoms with Crippen LogP contribution in [0, 0.1) is 0 Å². The van der Waals surface area contributed by atoms with Crippen molar-refractivity contribution in [2.24, 2.45) is 0 Å². The standard InChI is InChI=1S/C36H22O4/c37-28-18-29(38)36(40)34(35(28)39)33-24-10-3-1-8-22(24)32(23-9-2-4-11-25(23)33)27-17-15-21-13-12-19-6-5-7-20-14-16-26(27)31(21)30(19)20/h1-18,37-40H. The average molecular weight is 519 g/mol. The SMILES string of the molecule is Oc1cc(O)c(O)c(-c2c3ccccc3c(-c3ccc4ccc5cccc6ccc3c4c56)c3ccccc23)c1O. The molecule has 0 spiro atoms. The zero-order chi connectivity index (χ0) is 27.1. The molecule has 0 saturated heterocycles. The summed E-state index contributed by atoms with van der Waals surface area (Å²) >= 11 is 0. The van der Waals surface area contributed by atoms with E-state index in [-0.39, 0.29) is 5.56 Å². The van der Waals surface area contributed by atoms with Crippen LogP contribution in [0.25, 0.3) is 76.1 Å². The minimum Gasteiger partial charge on any atom is -0.504 e. The number of rotatable bonds is 2. The molecule has 190 valence electrons. The zero-order valence-corrected chi connectivity index (χ0v) is 21.2. The molecule has 0 unspecified atom stereocenters. The first-order valence-electron chi connectivity index (χ1n) is 13.1. The van der Waals surface area contributed by atoms with Crippen LogP contribution in [0.15, 0.2) is 109 Å². The van der Waals surface area contributed by atoms with Crippen LogP contribution in [0.5, 0.6) is 23.0 Å². The molecule has 0 amide bonds. The van der Waals surface area contributed by atoms with E-state index in [4.69, 9.17) is 0 Å². The first kappa shape index (κ1) is 22.5. The Morgan fingerprint density at radius 3 is 1.40 bits per heavy atom. The van der Waals surface area contributed by atoms with Gasteiger partial charge in [-0.15, -0.1) is 0 Å². The third-order valence-corrected chi connectivity index (χ3v) is 8.21. The van der Waals surface area contributed by atoms with Gasteiger partial charge in [0.05, 0.1) is 5.56 Å². The molecular weight excluding hydrogens is 496 g/mol.